The minimum absolute atomic E-state index is 0. The number of nitrogens with zero attached hydrogens (tertiary/aromatic N) is 3. The van der Waals surface area contributed by atoms with Gasteiger partial charge in [0.1, 0.15) is 5.75 Å². The first-order valence-corrected chi connectivity index (χ1v) is 9.20. The van der Waals surface area contributed by atoms with E-state index in [1.54, 1.807) is 7.11 Å². The van der Waals surface area contributed by atoms with E-state index in [9.17, 15) is 0 Å². The van der Waals surface area contributed by atoms with Gasteiger partial charge in [0.05, 0.1) is 7.11 Å². The van der Waals surface area contributed by atoms with Crippen LogP contribution >= 0.6 is 24.0 Å². The van der Waals surface area contributed by atoms with E-state index in [1.165, 1.54) is 25.1 Å². The average Bonchev–Trinajstić information content (AvgIpc) is 2.85. The molecule has 0 atom stereocenters. The first kappa shape index (κ1) is 23.0. The van der Waals surface area contributed by atoms with Crippen molar-refractivity contribution in [1.29, 1.82) is 0 Å². The predicted molar refractivity (Wildman–Crippen MR) is 120 cm³/mol. The van der Waals surface area contributed by atoms with Gasteiger partial charge in [-0.2, -0.15) is 0 Å². The fraction of sp³-hybridized carbons (Fsp3) is 0.632. The van der Waals surface area contributed by atoms with Crippen LogP contribution < -0.4 is 15.4 Å². The fourth-order valence-electron chi connectivity index (χ4n) is 3.10. The van der Waals surface area contributed by atoms with Crippen molar-refractivity contribution in [3.63, 3.8) is 0 Å². The highest BCUT2D eigenvalue weighted by Crippen LogP contribution is 2.17. The molecular weight excluding hydrogens is 441 g/mol. The fourth-order valence-corrected chi connectivity index (χ4v) is 3.10. The summed E-state index contributed by atoms with van der Waals surface area (Å²) in [6, 6.07) is 8.15. The number of methoxy groups -OCH3 is 1. The lowest BCUT2D eigenvalue weighted by atomic mass is 10.1. The van der Waals surface area contributed by atoms with Crippen LogP contribution in [0.2, 0.25) is 0 Å². The summed E-state index contributed by atoms with van der Waals surface area (Å²) >= 11 is 0. The highest BCUT2D eigenvalue weighted by molar-refractivity contribution is 14.0. The molecule has 148 valence electrons. The molecule has 0 amide bonds. The van der Waals surface area contributed by atoms with Crippen molar-refractivity contribution in [2.45, 2.75) is 12.8 Å². The number of benzene rings is 1. The molecule has 26 heavy (non-hydrogen) atoms. The molecular formula is C19H34IN5O. The van der Waals surface area contributed by atoms with Crippen LogP contribution in [0.4, 0.5) is 0 Å². The lowest BCUT2D eigenvalue weighted by molar-refractivity contribution is 0.280. The van der Waals surface area contributed by atoms with Gasteiger partial charge in [0.25, 0.3) is 0 Å². The Morgan fingerprint density at radius 2 is 1.88 bits per heavy atom. The zero-order chi connectivity index (χ0) is 17.9. The summed E-state index contributed by atoms with van der Waals surface area (Å²) in [7, 11) is 5.74. The molecule has 0 aromatic heterocycles. The Bertz CT molecular complexity index is 540. The van der Waals surface area contributed by atoms with E-state index in [0.717, 1.165) is 50.9 Å². The number of para-hydroxylation sites is 1. The quantitative estimate of drug-likeness (QED) is 0.357. The second kappa shape index (κ2) is 13.2. The molecule has 1 heterocycles. The minimum Gasteiger partial charge on any atom is -0.496 e. The maximum Gasteiger partial charge on any atom is 0.191 e. The molecule has 0 spiro atoms. The van der Waals surface area contributed by atoms with Gasteiger partial charge in [0, 0.05) is 39.8 Å². The van der Waals surface area contributed by atoms with Crippen molar-refractivity contribution in [3.8, 4) is 5.75 Å². The van der Waals surface area contributed by atoms with Gasteiger partial charge in [-0.15, -0.1) is 24.0 Å². The van der Waals surface area contributed by atoms with Gasteiger partial charge in [0.15, 0.2) is 5.96 Å². The van der Waals surface area contributed by atoms with E-state index >= 15 is 0 Å². The Labute approximate surface area is 175 Å². The number of rotatable bonds is 7. The summed E-state index contributed by atoms with van der Waals surface area (Å²) in [4.78, 5) is 9.25. The highest BCUT2D eigenvalue weighted by Gasteiger charge is 2.11. The third kappa shape index (κ3) is 8.09. The summed E-state index contributed by atoms with van der Waals surface area (Å²) in [5.74, 6) is 1.81. The number of hydrogen-bond donors (Lipinski definition) is 2. The number of guanidine groups is 1. The predicted octanol–water partition coefficient (Wildman–Crippen LogP) is 1.66. The van der Waals surface area contributed by atoms with E-state index in [2.05, 4.69) is 38.5 Å². The molecule has 1 aromatic rings. The zero-order valence-electron chi connectivity index (χ0n) is 16.3. The van der Waals surface area contributed by atoms with Crippen molar-refractivity contribution in [2.75, 3.05) is 67.0 Å². The monoisotopic (exact) mass is 475 g/mol. The summed E-state index contributed by atoms with van der Waals surface area (Å²) in [5.41, 5.74) is 1.21. The molecule has 0 unspecified atom stereocenters. The van der Waals surface area contributed by atoms with Gasteiger partial charge in [-0.3, -0.25) is 4.99 Å². The molecule has 0 bridgehead atoms. The van der Waals surface area contributed by atoms with E-state index in [1.807, 2.05) is 25.2 Å². The topological polar surface area (TPSA) is 52.1 Å². The van der Waals surface area contributed by atoms with Crippen LogP contribution in [0.15, 0.2) is 29.3 Å². The van der Waals surface area contributed by atoms with Crippen molar-refractivity contribution in [3.05, 3.63) is 29.8 Å². The van der Waals surface area contributed by atoms with Crippen LogP contribution in [-0.2, 0) is 6.42 Å². The van der Waals surface area contributed by atoms with Crippen LogP contribution in [0.25, 0.3) is 0 Å². The number of halogens is 1. The Hall–Kier alpha value is -1.06. The van der Waals surface area contributed by atoms with Crippen LogP contribution in [0, 0.1) is 0 Å². The van der Waals surface area contributed by atoms with Gasteiger partial charge < -0.3 is 25.2 Å². The molecule has 1 fully saturated rings. The van der Waals surface area contributed by atoms with Crippen LogP contribution in [0.3, 0.4) is 0 Å². The third-order valence-corrected chi connectivity index (χ3v) is 4.64. The normalized spacial score (nSPS) is 16.5. The lowest BCUT2D eigenvalue weighted by Gasteiger charge is -2.21. The van der Waals surface area contributed by atoms with Gasteiger partial charge in [-0.1, -0.05) is 18.2 Å². The number of likely N-dealkylation sites (N-methyl/N-ethyl adjacent to an activating group) is 1. The smallest absolute Gasteiger partial charge is 0.191 e. The van der Waals surface area contributed by atoms with Gasteiger partial charge in [-0.25, -0.2) is 0 Å². The van der Waals surface area contributed by atoms with E-state index < -0.39 is 0 Å². The molecule has 7 heteroatoms. The number of ether oxygens (including phenoxy) is 1. The molecule has 1 aromatic carbocycles. The van der Waals surface area contributed by atoms with Crippen molar-refractivity contribution in [1.82, 2.24) is 20.4 Å². The maximum absolute atomic E-state index is 5.40. The Balaban J connectivity index is 0.00000338. The number of nitrogens with one attached hydrogen (secondary N) is 2. The second-order valence-corrected chi connectivity index (χ2v) is 6.49. The van der Waals surface area contributed by atoms with Crippen LogP contribution in [-0.4, -0.2) is 82.8 Å². The summed E-state index contributed by atoms with van der Waals surface area (Å²) in [6.45, 7) is 7.50. The molecule has 2 N–H and O–H groups in total. The molecule has 2 rings (SSSR count). The van der Waals surface area contributed by atoms with Crippen molar-refractivity contribution in [2.24, 2.45) is 4.99 Å². The minimum atomic E-state index is 0. The third-order valence-electron chi connectivity index (χ3n) is 4.64. The molecule has 0 aliphatic carbocycles. The molecule has 0 saturated carbocycles. The van der Waals surface area contributed by atoms with E-state index in [-0.39, 0.29) is 24.0 Å². The lowest BCUT2D eigenvalue weighted by Crippen LogP contribution is -2.42. The second-order valence-electron chi connectivity index (χ2n) is 6.49. The Kier molecular flexibility index (Phi) is 11.6. The summed E-state index contributed by atoms with van der Waals surface area (Å²) in [5, 5.41) is 6.80. The van der Waals surface area contributed by atoms with Crippen molar-refractivity contribution < 1.29 is 4.74 Å². The maximum atomic E-state index is 5.40. The Morgan fingerprint density at radius 3 is 2.65 bits per heavy atom. The van der Waals surface area contributed by atoms with Crippen molar-refractivity contribution >= 4 is 29.9 Å². The van der Waals surface area contributed by atoms with E-state index in [0.29, 0.717) is 0 Å². The number of hydrogen-bond acceptors (Lipinski definition) is 4. The van der Waals surface area contributed by atoms with Gasteiger partial charge >= 0.3 is 0 Å². The summed E-state index contributed by atoms with van der Waals surface area (Å²) in [6.07, 6.45) is 2.16. The van der Waals surface area contributed by atoms with Crippen LogP contribution in [0.5, 0.6) is 5.75 Å². The van der Waals surface area contributed by atoms with Gasteiger partial charge in [-0.05, 0) is 44.6 Å². The first-order valence-electron chi connectivity index (χ1n) is 9.20. The highest BCUT2D eigenvalue weighted by atomic mass is 127. The standard InChI is InChI=1S/C19H33N5O.HI/c1-20-19(21-10-9-17-7-4-5-8-18(17)25-3)22-11-14-24-13-6-12-23(2)15-16-24;/h4-5,7-8H,6,9-16H2,1-3H3,(H2,20,21,22);1H. The average molecular weight is 475 g/mol. The van der Waals surface area contributed by atoms with Gasteiger partial charge in [0.2, 0.25) is 0 Å². The molecule has 1 aliphatic rings. The Morgan fingerprint density at radius 1 is 1.12 bits per heavy atom. The molecule has 1 saturated heterocycles. The van der Waals surface area contributed by atoms with E-state index in [4.69, 9.17) is 4.74 Å². The first-order chi connectivity index (χ1) is 12.2. The summed E-state index contributed by atoms with van der Waals surface area (Å²) < 4.78 is 5.40. The SMILES string of the molecule is CN=C(NCCc1ccccc1OC)NCCN1CCCN(C)CC1.I. The molecule has 1 aliphatic heterocycles. The zero-order valence-corrected chi connectivity index (χ0v) is 18.7. The number of aliphatic imine (C=N–C) groups is 1. The largest absolute Gasteiger partial charge is 0.496 e. The molecule has 6 nitrogen and oxygen atoms in total. The molecule has 0 radical (unpaired) electrons. The van der Waals surface area contributed by atoms with Crippen LogP contribution in [0.1, 0.15) is 12.0 Å².